The molecular weight excluding hydrogens is 438 g/mol. The lowest BCUT2D eigenvalue weighted by Crippen LogP contribution is -2.21. The van der Waals surface area contributed by atoms with E-state index in [1.165, 1.54) is 5.69 Å². The lowest BCUT2D eigenvalue weighted by Gasteiger charge is -2.22. The molecule has 0 aliphatic heterocycles. The summed E-state index contributed by atoms with van der Waals surface area (Å²) < 4.78 is 5.60. The van der Waals surface area contributed by atoms with Gasteiger partial charge in [-0.15, -0.1) is 10.2 Å². The molecule has 0 spiro atoms. The van der Waals surface area contributed by atoms with E-state index in [-0.39, 0.29) is 5.91 Å². The average molecular weight is 472 g/mol. The average Bonchev–Trinajstić information content (AvgIpc) is 3.26. The highest BCUT2D eigenvalue weighted by atomic mass is 16.5. The van der Waals surface area contributed by atoms with Crippen molar-refractivity contribution in [1.29, 1.82) is 0 Å². The molecule has 1 N–H and O–H groups in total. The summed E-state index contributed by atoms with van der Waals surface area (Å²) in [5.74, 6) is 0.586. The van der Waals surface area contributed by atoms with Crippen molar-refractivity contribution in [2.24, 2.45) is 0 Å². The van der Waals surface area contributed by atoms with Crippen LogP contribution < -0.4 is 15.0 Å². The van der Waals surface area contributed by atoms with Gasteiger partial charge in [0, 0.05) is 30.0 Å². The van der Waals surface area contributed by atoms with Gasteiger partial charge in [0.1, 0.15) is 16.8 Å². The molecule has 4 aromatic rings. The maximum Gasteiger partial charge on any atom is 0.255 e. The Bertz CT molecular complexity index is 1320. The lowest BCUT2D eigenvalue weighted by atomic mass is 10.1. The van der Waals surface area contributed by atoms with Crippen molar-refractivity contribution in [1.82, 2.24) is 15.0 Å². The van der Waals surface area contributed by atoms with Gasteiger partial charge in [0.25, 0.3) is 5.91 Å². The van der Waals surface area contributed by atoms with Gasteiger partial charge in [-0.3, -0.25) is 4.79 Å². The maximum absolute atomic E-state index is 12.8. The SMILES string of the molecule is CCCOc1ccc(C(=O)Nc2cc3nn(-c4ccc(N(CC)CC)cc4C)nc3cc2C)cc1. The zero-order valence-electron chi connectivity index (χ0n) is 21.1. The fourth-order valence-electron chi connectivity index (χ4n) is 4.08. The summed E-state index contributed by atoms with van der Waals surface area (Å²) in [6.45, 7) is 13.0. The Balaban J connectivity index is 1.56. The first-order valence-electron chi connectivity index (χ1n) is 12.2. The molecule has 1 amide bonds. The molecule has 4 rings (SSSR count). The van der Waals surface area contributed by atoms with E-state index < -0.39 is 0 Å². The molecule has 7 heteroatoms. The molecule has 0 aliphatic rings. The molecule has 35 heavy (non-hydrogen) atoms. The maximum atomic E-state index is 12.8. The number of ether oxygens (including phenoxy) is 1. The first-order chi connectivity index (χ1) is 16.9. The van der Waals surface area contributed by atoms with E-state index in [9.17, 15) is 4.79 Å². The largest absolute Gasteiger partial charge is 0.494 e. The van der Waals surface area contributed by atoms with Crippen LogP contribution in [-0.2, 0) is 0 Å². The predicted molar refractivity (Wildman–Crippen MR) is 142 cm³/mol. The van der Waals surface area contributed by atoms with E-state index in [1.807, 2.05) is 31.2 Å². The summed E-state index contributed by atoms with van der Waals surface area (Å²) >= 11 is 0. The number of aromatic nitrogens is 3. The Hall–Kier alpha value is -3.87. The van der Waals surface area contributed by atoms with Gasteiger partial charge < -0.3 is 15.0 Å². The van der Waals surface area contributed by atoms with Gasteiger partial charge in [-0.1, -0.05) is 6.92 Å². The van der Waals surface area contributed by atoms with Gasteiger partial charge in [0.15, 0.2) is 0 Å². The number of amides is 1. The lowest BCUT2D eigenvalue weighted by molar-refractivity contribution is 0.102. The molecule has 0 aliphatic carbocycles. The molecule has 1 heterocycles. The molecule has 7 nitrogen and oxygen atoms in total. The molecule has 0 radical (unpaired) electrons. The fourth-order valence-corrected chi connectivity index (χ4v) is 4.08. The van der Waals surface area contributed by atoms with Crippen LogP contribution in [0, 0.1) is 13.8 Å². The van der Waals surface area contributed by atoms with Crippen molar-refractivity contribution >= 4 is 28.3 Å². The Kier molecular flexibility index (Phi) is 7.34. The topological polar surface area (TPSA) is 72.3 Å². The second-order valence-corrected chi connectivity index (χ2v) is 8.62. The fraction of sp³-hybridized carbons (Fsp3) is 0.321. The number of hydrogen-bond donors (Lipinski definition) is 1. The third kappa shape index (κ3) is 5.29. The third-order valence-electron chi connectivity index (χ3n) is 6.09. The van der Waals surface area contributed by atoms with E-state index in [2.05, 4.69) is 56.1 Å². The number of rotatable bonds is 9. The molecule has 0 unspecified atom stereocenters. The highest BCUT2D eigenvalue weighted by molar-refractivity contribution is 6.05. The van der Waals surface area contributed by atoms with Gasteiger partial charge in [-0.05, 0) is 99.8 Å². The van der Waals surface area contributed by atoms with Crippen molar-refractivity contribution in [3.05, 3.63) is 71.3 Å². The Morgan fingerprint density at radius 2 is 1.60 bits per heavy atom. The van der Waals surface area contributed by atoms with E-state index >= 15 is 0 Å². The number of benzene rings is 3. The van der Waals surface area contributed by atoms with E-state index in [0.717, 1.165) is 58.8 Å². The summed E-state index contributed by atoms with van der Waals surface area (Å²) in [7, 11) is 0. The summed E-state index contributed by atoms with van der Waals surface area (Å²) in [4.78, 5) is 16.8. The highest BCUT2D eigenvalue weighted by Crippen LogP contribution is 2.25. The van der Waals surface area contributed by atoms with Crippen LogP contribution in [0.5, 0.6) is 5.75 Å². The van der Waals surface area contributed by atoms with E-state index in [0.29, 0.717) is 12.2 Å². The van der Waals surface area contributed by atoms with Crippen molar-refractivity contribution in [3.8, 4) is 11.4 Å². The molecule has 1 aromatic heterocycles. The van der Waals surface area contributed by atoms with Crippen LogP contribution in [0.4, 0.5) is 11.4 Å². The van der Waals surface area contributed by atoms with Crippen LogP contribution in [0.1, 0.15) is 48.7 Å². The van der Waals surface area contributed by atoms with Gasteiger partial charge in [-0.2, -0.15) is 4.80 Å². The van der Waals surface area contributed by atoms with Crippen molar-refractivity contribution < 1.29 is 9.53 Å². The highest BCUT2D eigenvalue weighted by Gasteiger charge is 2.14. The first-order valence-corrected chi connectivity index (χ1v) is 12.2. The van der Waals surface area contributed by atoms with Crippen LogP contribution in [0.3, 0.4) is 0 Å². The number of fused-ring (bicyclic) bond motifs is 1. The number of nitrogens with one attached hydrogen (secondary N) is 1. The number of carbonyl (C=O) groups is 1. The molecule has 0 bridgehead atoms. The summed E-state index contributed by atoms with van der Waals surface area (Å²) in [5, 5.41) is 12.4. The zero-order valence-corrected chi connectivity index (χ0v) is 21.1. The number of nitrogens with zero attached hydrogens (tertiary/aromatic N) is 4. The number of anilines is 2. The van der Waals surface area contributed by atoms with Gasteiger partial charge in [-0.25, -0.2) is 0 Å². The third-order valence-corrected chi connectivity index (χ3v) is 6.09. The van der Waals surface area contributed by atoms with Crippen LogP contribution in [0.25, 0.3) is 16.7 Å². The van der Waals surface area contributed by atoms with E-state index in [1.54, 1.807) is 16.9 Å². The molecule has 0 fully saturated rings. The van der Waals surface area contributed by atoms with E-state index in [4.69, 9.17) is 14.9 Å². The quantitative estimate of drug-likeness (QED) is 0.328. The van der Waals surface area contributed by atoms with Crippen LogP contribution >= 0.6 is 0 Å². The summed E-state index contributed by atoms with van der Waals surface area (Å²) in [6.07, 6.45) is 0.940. The minimum absolute atomic E-state index is 0.176. The molecular formula is C28H33N5O2. The van der Waals surface area contributed by atoms with Gasteiger partial charge in [0.2, 0.25) is 0 Å². The predicted octanol–water partition coefficient (Wildman–Crippen LogP) is 5.92. The van der Waals surface area contributed by atoms with Gasteiger partial charge >= 0.3 is 0 Å². The minimum Gasteiger partial charge on any atom is -0.494 e. The van der Waals surface area contributed by atoms with Crippen LogP contribution in [0.2, 0.25) is 0 Å². The normalized spacial score (nSPS) is 11.0. The number of hydrogen-bond acceptors (Lipinski definition) is 5. The molecule has 3 aromatic carbocycles. The van der Waals surface area contributed by atoms with Crippen molar-refractivity contribution in [3.63, 3.8) is 0 Å². The minimum atomic E-state index is -0.176. The molecule has 0 atom stereocenters. The van der Waals surface area contributed by atoms with Crippen LogP contribution in [-0.4, -0.2) is 40.6 Å². The van der Waals surface area contributed by atoms with Crippen molar-refractivity contribution in [2.75, 3.05) is 29.9 Å². The molecule has 182 valence electrons. The second-order valence-electron chi connectivity index (χ2n) is 8.62. The smallest absolute Gasteiger partial charge is 0.255 e. The van der Waals surface area contributed by atoms with Crippen LogP contribution in [0.15, 0.2) is 54.6 Å². The van der Waals surface area contributed by atoms with Gasteiger partial charge in [0.05, 0.1) is 12.3 Å². The Labute approximate surface area is 206 Å². The molecule has 0 saturated heterocycles. The molecule has 0 saturated carbocycles. The standard InChI is InChI=1S/C28H33N5O2/c1-6-15-35-23-12-9-21(10-13-23)28(34)29-24-18-26-25(17-19(24)4)30-33(31-26)27-14-11-22(16-20(27)5)32(7-2)8-3/h9-14,16-18H,6-8,15H2,1-5H3,(H,29,34). The zero-order chi connectivity index (χ0) is 24.9. The Morgan fingerprint density at radius 3 is 2.23 bits per heavy atom. The Morgan fingerprint density at radius 1 is 0.914 bits per heavy atom. The number of aryl methyl sites for hydroxylation is 2. The monoisotopic (exact) mass is 471 g/mol. The van der Waals surface area contributed by atoms with Crippen molar-refractivity contribution in [2.45, 2.75) is 41.0 Å². The number of carbonyl (C=O) groups excluding carboxylic acids is 1. The second kappa shape index (κ2) is 10.6. The first kappa shape index (κ1) is 24.3. The summed E-state index contributed by atoms with van der Waals surface area (Å²) in [5.41, 5.74) is 6.95. The summed E-state index contributed by atoms with van der Waals surface area (Å²) in [6, 6.07) is 17.4.